The molecule has 0 amide bonds. The summed E-state index contributed by atoms with van der Waals surface area (Å²) >= 11 is 0. The van der Waals surface area contributed by atoms with E-state index in [0.29, 0.717) is 4.72 Å². The van der Waals surface area contributed by atoms with Gasteiger partial charge in [-0.1, -0.05) is 0 Å². The number of sulfonamides is 1. The molecule has 0 aromatic carbocycles. The number of hydrogen-bond acceptors (Lipinski definition) is 3. The van der Waals surface area contributed by atoms with E-state index in [1.54, 1.807) is 0 Å². The maximum atomic E-state index is 12.2. The van der Waals surface area contributed by atoms with Crippen molar-refractivity contribution >= 4 is 10.0 Å². The minimum absolute atomic E-state index is 0.0964. The monoisotopic (exact) mass is 275 g/mol. The molecular weight excluding hydrogens is 268 g/mol. The molecule has 0 rings (SSSR count). The molecular formula is C5H7F6NO3S. The van der Waals surface area contributed by atoms with Gasteiger partial charge in [0.1, 0.15) is 0 Å². The van der Waals surface area contributed by atoms with Crippen molar-refractivity contribution in [3.05, 3.63) is 0 Å². The van der Waals surface area contributed by atoms with Gasteiger partial charge in [-0.2, -0.15) is 31.1 Å². The van der Waals surface area contributed by atoms with E-state index in [0.717, 1.165) is 0 Å². The third-order valence-electron chi connectivity index (χ3n) is 1.43. The van der Waals surface area contributed by atoms with E-state index in [9.17, 15) is 34.8 Å². The molecule has 0 atom stereocenters. The highest BCUT2D eigenvalue weighted by Crippen LogP contribution is 2.43. The first kappa shape index (κ1) is 15.4. The van der Waals surface area contributed by atoms with Crippen LogP contribution in [0.2, 0.25) is 0 Å². The van der Waals surface area contributed by atoms with Gasteiger partial charge in [-0.05, 0) is 0 Å². The molecule has 0 heterocycles. The summed E-state index contributed by atoms with van der Waals surface area (Å²) in [5.41, 5.74) is -4.94. The normalized spacial score (nSPS) is 15.2. The zero-order valence-corrected chi connectivity index (χ0v) is 8.72. The first-order chi connectivity index (χ1) is 6.77. The lowest BCUT2D eigenvalue weighted by Crippen LogP contribution is -2.68. The van der Waals surface area contributed by atoms with Crippen LogP contribution in [-0.4, -0.2) is 39.9 Å². The molecule has 0 radical (unpaired) electrons. The number of hydrogen-bond donors (Lipinski definition) is 1. The minimum atomic E-state index is -5.98. The quantitative estimate of drug-likeness (QED) is 0.617. The predicted octanol–water partition coefficient (Wildman–Crippen LogP) is 1.00. The standard InChI is InChI=1S/C5H7F6NO3S/c1-15-3(4(6,7)8,5(9,10)11)12-16(2,13)14/h12H,1-2H3. The van der Waals surface area contributed by atoms with Gasteiger partial charge in [0.25, 0.3) is 0 Å². The van der Waals surface area contributed by atoms with Gasteiger partial charge in [-0.25, -0.2) is 8.42 Å². The molecule has 0 fully saturated rings. The Morgan fingerprint density at radius 3 is 1.38 bits per heavy atom. The van der Waals surface area contributed by atoms with Crippen molar-refractivity contribution in [2.75, 3.05) is 13.4 Å². The van der Waals surface area contributed by atoms with E-state index < -0.39 is 28.1 Å². The number of nitrogens with one attached hydrogen (secondary N) is 1. The largest absolute Gasteiger partial charge is 0.441 e. The second-order valence-electron chi connectivity index (χ2n) is 2.76. The maximum Gasteiger partial charge on any atom is 0.441 e. The Hall–Kier alpha value is -0.550. The lowest BCUT2D eigenvalue weighted by Gasteiger charge is -2.35. The van der Waals surface area contributed by atoms with Crippen molar-refractivity contribution < 1.29 is 39.5 Å². The smallest absolute Gasteiger partial charge is 0.348 e. The Morgan fingerprint density at radius 1 is 1.00 bits per heavy atom. The molecule has 0 aliphatic rings. The van der Waals surface area contributed by atoms with Crippen LogP contribution in [0.4, 0.5) is 26.3 Å². The first-order valence-corrected chi connectivity index (χ1v) is 5.33. The summed E-state index contributed by atoms with van der Waals surface area (Å²) in [5.74, 6) is 0. The molecule has 0 bridgehead atoms. The molecule has 0 spiro atoms. The fourth-order valence-electron chi connectivity index (χ4n) is 0.811. The van der Waals surface area contributed by atoms with Crippen LogP contribution in [0.5, 0.6) is 0 Å². The summed E-state index contributed by atoms with van der Waals surface area (Å²) in [6.07, 6.45) is -11.8. The molecule has 1 N–H and O–H groups in total. The first-order valence-electron chi connectivity index (χ1n) is 3.44. The highest BCUT2D eigenvalue weighted by Gasteiger charge is 2.73. The lowest BCUT2D eigenvalue weighted by molar-refractivity contribution is -0.379. The molecule has 4 nitrogen and oxygen atoms in total. The summed E-state index contributed by atoms with van der Waals surface area (Å²) < 4.78 is 98.1. The van der Waals surface area contributed by atoms with Crippen LogP contribution in [0.1, 0.15) is 0 Å². The lowest BCUT2D eigenvalue weighted by atomic mass is 10.2. The number of methoxy groups -OCH3 is 1. The third-order valence-corrected chi connectivity index (χ3v) is 2.09. The van der Waals surface area contributed by atoms with Crippen molar-refractivity contribution in [1.29, 1.82) is 0 Å². The van der Waals surface area contributed by atoms with Gasteiger partial charge in [-0.15, -0.1) is 0 Å². The van der Waals surface area contributed by atoms with Gasteiger partial charge in [0, 0.05) is 7.11 Å². The summed E-state index contributed by atoms with van der Waals surface area (Å²) in [7, 11) is -4.68. The average Bonchev–Trinajstić information content (AvgIpc) is 1.93. The summed E-state index contributed by atoms with van der Waals surface area (Å²) in [5, 5.41) is 0. The Morgan fingerprint density at radius 2 is 1.31 bits per heavy atom. The fourth-order valence-corrected chi connectivity index (χ4v) is 1.65. The number of halogens is 6. The molecule has 0 aromatic heterocycles. The summed E-state index contributed by atoms with van der Waals surface area (Å²) in [6.45, 7) is 0. The van der Waals surface area contributed by atoms with E-state index in [2.05, 4.69) is 4.74 Å². The van der Waals surface area contributed by atoms with Crippen LogP contribution in [0.3, 0.4) is 0 Å². The topological polar surface area (TPSA) is 55.4 Å². The van der Waals surface area contributed by atoms with Crippen molar-refractivity contribution in [2.45, 2.75) is 18.1 Å². The molecule has 16 heavy (non-hydrogen) atoms. The van der Waals surface area contributed by atoms with Crippen molar-refractivity contribution in [3.8, 4) is 0 Å². The van der Waals surface area contributed by atoms with E-state index >= 15 is 0 Å². The van der Waals surface area contributed by atoms with Crippen LogP contribution in [0, 0.1) is 0 Å². The van der Waals surface area contributed by atoms with Crippen molar-refractivity contribution in [2.24, 2.45) is 0 Å². The van der Waals surface area contributed by atoms with Crippen molar-refractivity contribution in [1.82, 2.24) is 4.72 Å². The second-order valence-corrected chi connectivity index (χ2v) is 4.50. The van der Waals surface area contributed by atoms with Gasteiger partial charge in [-0.3, -0.25) is 0 Å². The van der Waals surface area contributed by atoms with Gasteiger partial charge in [0.05, 0.1) is 6.26 Å². The van der Waals surface area contributed by atoms with E-state index in [-0.39, 0.29) is 13.4 Å². The van der Waals surface area contributed by atoms with Crippen LogP contribution in [0.15, 0.2) is 0 Å². The van der Waals surface area contributed by atoms with Crippen LogP contribution >= 0.6 is 0 Å². The Kier molecular flexibility index (Phi) is 3.90. The zero-order valence-electron chi connectivity index (χ0n) is 7.90. The predicted molar refractivity (Wildman–Crippen MR) is 39.8 cm³/mol. The number of alkyl halides is 6. The molecule has 98 valence electrons. The number of rotatable bonds is 3. The maximum absolute atomic E-state index is 12.2. The molecule has 11 heteroatoms. The van der Waals surface area contributed by atoms with Gasteiger partial charge < -0.3 is 4.74 Å². The molecule has 0 saturated carbocycles. The van der Waals surface area contributed by atoms with Crippen LogP contribution in [0.25, 0.3) is 0 Å². The molecule has 0 aromatic rings. The zero-order chi connectivity index (χ0) is 13.4. The van der Waals surface area contributed by atoms with E-state index in [1.807, 2.05) is 0 Å². The summed E-state index contributed by atoms with van der Waals surface area (Å²) in [6, 6.07) is 0. The Balaban J connectivity index is 5.69. The van der Waals surface area contributed by atoms with Crippen LogP contribution < -0.4 is 4.72 Å². The van der Waals surface area contributed by atoms with Gasteiger partial charge in [0.2, 0.25) is 10.0 Å². The Bertz CT molecular complexity index is 330. The molecule has 0 unspecified atom stereocenters. The van der Waals surface area contributed by atoms with E-state index in [1.165, 1.54) is 0 Å². The number of ether oxygens (including phenoxy) is 1. The summed E-state index contributed by atoms with van der Waals surface area (Å²) in [4.78, 5) is 0. The molecule has 0 saturated heterocycles. The van der Waals surface area contributed by atoms with Gasteiger partial charge >= 0.3 is 18.1 Å². The minimum Gasteiger partial charge on any atom is -0.348 e. The third kappa shape index (κ3) is 2.98. The SMILES string of the molecule is COC(NS(C)(=O)=O)(C(F)(F)F)C(F)(F)F. The second kappa shape index (κ2) is 4.04. The molecule has 0 aliphatic heterocycles. The van der Waals surface area contributed by atoms with Gasteiger partial charge in [0.15, 0.2) is 0 Å². The highest BCUT2D eigenvalue weighted by atomic mass is 32.2. The average molecular weight is 275 g/mol. The van der Waals surface area contributed by atoms with E-state index in [4.69, 9.17) is 0 Å². The highest BCUT2D eigenvalue weighted by molar-refractivity contribution is 7.88. The van der Waals surface area contributed by atoms with Crippen molar-refractivity contribution in [3.63, 3.8) is 0 Å². The van der Waals surface area contributed by atoms with Crippen LogP contribution in [-0.2, 0) is 14.8 Å². The molecule has 0 aliphatic carbocycles. The Labute approximate surface area is 86.6 Å². The fraction of sp³-hybridized carbons (Fsp3) is 1.00.